The summed E-state index contributed by atoms with van der Waals surface area (Å²) in [5.41, 5.74) is 8.83. The van der Waals surface area contributed by atoms with E-state index in [2.05, 4.69) is 9.55 Å². The lowest BCUT2D eigenvalue weighted by molar-refractivity contribution is 0.744. The molecule has 102 valence electrons. The average molecular weight is 306 g/mol. The maximum Gasteiger partial charge on any atom is 0.123 e. The van der Waals surface area contributed by atoms with E-state index < -0.39 is 0 Å². The van der Waals surface area contributed by atoms with E-state index in [1.807, 2.05) is 36.4 Å². The number of aromatic nitrogens is 2. The molecule has 0 aliphatic rings. The van der Waals surface area contributed by atoms with Gasteiger partial charge in [0.05, 0.1) is 17.6 Å². The molecule has 0 bridgehead atoms. The van der Waals surface area contributed by atoms with Crippen molar-refractivity contribution in [2.75, 3.05) is 0 Å². The van der Waals surface area contributed by atoms with Gasteiger partial charge in [0, 0.05) is 16.6 Å². The fourth-order valence-corrected chi connectivity index (χ4v) is 2.91. The molecule has 0 unspecified atom stereocenters. The topological polar surface area (TPSA) is 43.8 Å². The first-order chi connectivity index (χ1) is 9.67. The van der Waals surface area contributed by atoms with Gasteiger partial charge in [0.1, 0.15) is 5.82 Å². The third-order valence-corrected chi connectivity index (χ3v) is 3.62. The Morgan fingerprint density at radius 3 is 2.45 bits per heavy atom. The van der Waals surface area contributed by atoms with Gasteiger partial charge in [0.25, 0.3) is 0 Å². The van der Waals surface area contributed by atoms with E-state index in [9.17, 15) is 0 Å². The Morgan fingerprint density at radius 1 is 1.05 bits per heavy atom. The minimum Gasteiger partial charge on any atom is -0.324 e. The van der Waals surface area contributed by atoms with Crippen molar-refractivity contribution in [2.24, 2.45) is 5.73 Å². The summed E-state index contributed by atoms with van der Waals surface area (Å²) in [4.78, 5) is 4.54. The number of benzene rings is 2. The summed E-state index contributed by atoms with van der Waals surface area (Å²) in [6.07, 6.45) is 0. The Balaban J connectivity index is 2.09. The molecule has 0 aliphatic heterocycles. The minimum absolute atomic E-state index is 0.392. The van der Waals surface area contributed by atoms with Gasteiger partial charge in [-0.05, 0) is 35.9 Å². The third kappa shape index (κ3) is 2.52. The molecule has 0 saturated heterocycles. The van der Waals surface area contributed by atoms with Gasteiger partial charge in [-0.3, -0.25) is 0 Å². The van der Waals surface area contributed by atoms with Gasteiger partial charge >= 0.3 is 0 Å². The van der Waals surface area contributed by atoms with Crippen molar-refractivity contribution in [1.82, 2.24) is 9.55 Å². The van der Waals surface area contributed by atoms with Crippen LogP contribution in [0.4, 0.5) is 0 Å². The summed E-state index contributed by atoms with van der Waals surface area (Å²) in [5, 5.41) is 1.26. The minimum atomic E-state index is 0.392. The maximum atomic E-state index is 6.05. The van der Waals surface area contributed by atoms with Gasteiger partial charge < -0.3 is 10.3 Å². The molecule has 5 heteroatoms. The van der Waals surface area contributed by atoms with Crippen LogP contribution in [0.5, 0.6) is 0 Å². The maximum absolute atomic E-state index is 6.05. The number of hydrogen-bond donors (Lipinski definition) is 1. The first-order valence-corrected chi connectivity index (χ1v) is 7.02. The van der Waals surface area contributed by atoms with Gasteiger partial charge in [0.2, 0.25) is 0 Å². The van der Waals surface area contributed by atoms with Gasteiger partial charge in [-0.2, -0.15) is 0 Å². The molecule has 1 heterocycles. The fourth-order valence-electron chi connectivity index (χ4n) is 2.34. The van der Waals surface area contributed by atoms with Crippen LogP contribution in [-0.2, 0) is 13.1 Å². The predicted molar refractivity (Wildman–Crippen MR) is 83.2 cm³/mol. The summed E-state index contributed by atoms with van der Waals surface area (Å²) in [6, 6.07) is 13.5. The molecule has 0 radical (unpaired) electrons. The van der Waals surface area contributed by atoms with E-state index in [1.165, 1.54) is 0 Å². The average Bonchev–Trinajstić information content (AvgIpc) is 2.76. The zero-order valence-electron chi connectivity index (χ0n) is 10.7. The molecule has 0 fully saturated rings. The molecular weight excluding hydrogens is 293 g/mol. The largest absolute Gasteiger partial charge is 0.324 e. The number of halogens is 2. The van der Waals surface area contributed by atoms with Crippen molar-refractivity contribution in [3.8, 4) is 0 Å². The van der Waals surface area contributed by atoms with Crippen LogP contribution in [0.3, 0.4) is 0 Å². The van der Waals surface area contributed by atoms with Crippen LogP contribution >= 0.6 is 23.2 Å². The van der Waals surface area contributed by atoms with Gasteiger partial charge in [-0.1, -0.05) is 35.3 Å². The highest BCUT2D eigenvalue weighted by atomic mass is 35.5. The van der Waals surface area contributed by atoms with Crippen LogP contribution in [0, 0.1) is 0 Å². The molecule has 3 nitrogen and oxygen atoms in total. The van der Waals surface area contributed by atoms with Crippen LogP contribution in [0.2, 0.25) is 10.0 Å². The number of imidazole rings is 1. The molecular formula is C15H13Cl2N3. The Kier molecular flexibility index (Phi) is 3.66. The van der Waals surface area contributed by atoms with Crippen molar-refractivity contribution in [3.05, 3.63) is 63.9 Å². The second-order valence-corrected chi connectivity index (χ2v) is 5.46. The van der Waals surface area contributed by atoms with Gasteiger partial charge in [0.15, 0.2) is 0 Å². The van der Waals surface area contributed by atoms with E-state index in [0.717, 1.165) is 22.4 Å². The highest BCUT2D eigenvalue weighted by Crippen LogP contribution is 2.22. The quantitative estimate of drug-likeness (QED) is 0.798. The molecule has 0 atom stereocenters. The monoisotopic (exact) mass is 305 g/mol. The Hall–Kier alpha value is -1.55. The summed E-state index contributed by atoms with van der Waals surface area (Å²) in [5.74, 6) is 0.849. The second kappa shape index (κ2) is 5.44. The van der Waals surface area contributed by atoms with Crippen LogP contribution in [0.1, 0.15) is 11.4 Å². The van der Waals surface area contributed by atoms with E-state index in [-0.39, 0.29) is 0 Å². The van der Waals surface area contributed by atoms with Crippen LogP contribution in [0.15, 0.2) is 42.5 Å². The highest BCUT2D eigenvalue weighted by molar-refractivity contribution is 6.34. The number of para-hydroxylation sites is 2. The summed E-state index contributed by atoms with van der Waals surface area (Å²) in [7, 11) is 0. The third-order valence-electron chi connectivity index (χ3n) is 3.18. The Bertz CT molecular complexity index is 745. The molecule has 0 aliphatic carbocycles. The molecule has 3 rings (SSSR count). The zero-order valence-corrected chi connectivity index (χ0v) is 12.2. The van der Waals surface area contributed by atoms with Crippen LogP contribution in [0.25, 0.3) is 11.0 Å². The second-order valence-electron chi connectivity index (χ2n) is 4.58. The molecule has 3 aromatic rings. The number of nitrogens with two attached hydrogens (primary N) is 1. The van der Waals surface area contributed by atoms with Crippen molar-refractivity contribution in [2.45, 2.75) is 13.1 Å². The van der Waals surface area contributed by atoms with Crippen LogP contribution in [-0.4, -0.2) is 9.55 Å². The lowest BCUT2D eigenvalue weighted by Gasteiger charge is -2.09. The summed E-state index contributed by atoms with van der Waals surface area (Å²) >= 11 is 12.1. The summed E-state index contributed by atoms with van der Waals surface area (Å²) < 4.78 is 2.09. The molecule has 2 aromatic carbocycles. The standard InChI is InChI=1S/C15H13Cl2N3/c16-11-5-10(6-12(17)7-11)9-20-14-4-2-1-3-13(14)19-15(20)8-18/h1-7H,8-9,18H2. The lowest BCUT2D eigenvalue weighted by atomic mass is 10.2. The Labute approximate surface area is 126 Å². The number of rotatable bonds is 3. The zero-order chi connectivity index (χ0) is 14.1. The van der Waals surface area contributed by atoms with Crippen molar-refractivity contribution >= 4 is 34.2 Å². The summed E-state index contributed by atoms with van der Waals surface area (Å²) in [6.45, 7) is 1.04. The lowest BCUT2D eigenvalue weighted by Crippen LogP contribution is -2.09. The number of nitrogens with zero attached hydrogens (tertiary/aromatic N) is 2. The van der Waals surface area contributed by atoms with Gasteiger partial charge in [-0.15, -0.1) is 0 Å². The molecule has 0 amide bonds. The smallest absolute Gasteiger partial charge is 0.123 e. The van der Waals surface area contributed by atoms with Crippen molar-refractivity contribution in [3.63, 3.8) is 0 Å². The predicted octanol–water partition coefficient (Wildman–Crippen LogP) is 3.85. The fraction of sp³-hybridized carbons (Fsp3) is 0.133. The van der Waals surface area contributed by atoms with Gasteiger partial charge in [-0.25, -0.2) is 4.98 Å². The normalized spacial score (nSPS) is 11.2. The SMILES string of the molecule is NCc1nc2ccccc2n1Cc1cc(Cl)cc(Cl)c1. The molecule has 0 spiro atoms. The molecule has 2 N–H and O–H groups in total. The van der Waals surface area contributed by atoms with Crippen LogP contribution < -0.4 is 5.73 Å². The Morgan fingerprint density at radius 2 is 1.75 bits per heavy atom. The molecule has 1 aromatic heterocycles. The first kappa shape index (κ1) is 13.4. The van der Waals surface area contributed by atoms with E-state index in [1.54, 1.807) is 6.07 Å². The first-order valence-electron chi connectivity index (χ1n) is 6.26. The number of hydrogen-bond acceptors (Lipinski definition) is 2. The number of fused-ring (bicyclic) bond motifs is 1. The van der Waals surface area contributed by atoms with E-state index >= 15 is 0 Å². The highest BCUT2D eigenvalue weighted by Gasteiger charge is 2.10. The molecule has 0 saturated carbocycles. The van der Waals surface area contributed by atoms with E-state index in [0.29, 0.717) is 23.1 Å². The molecule has 20 heavy (non-hydrogen) atoms. The van der Waals surface area contributed by atoms with Crippen molar-refractivity contribution < 1.29 is 0 Å². The van der Waals surface area contributed by atoms with E-state index in [4.69, 9.17) is 28.9 Å². The van der Waals surface area contributed by atoms with Crippen molar-refractivity contribution in [1.29, 1.82) is 0 Å².